The molecule has 0 amide bonds. The Balaban J connectivity index is 2.23. The molecule has 88 valence electrons. The molecule has 3 nitrogen and oxygen atoms in total. The van der Waals surface area contributed by atoms with Crippen LogP contribution >= 0.6 is 0 Å². The van der Waals surface area contributed by atoms with Crippen LogP contribution < -0.4 is 15.4 Å². The second kappa shape index (κ2) is 4.74. The number of hydrogen-bond acceptors (Lipinski definition) is 3. The van der Waals surface area contributed by atoms with Gasteiger partial charge in [0.25, 0.3) is 0 Å². The minimum Gasteiger partial charge on any atom is -0.494 e. The van der Waals surface area contributed by atoms with Gasteiger partial charge in [0, 0.05) is 12.6 Å². The van der Waals surface area contributed by atoms with E-state index >= 15 is 0 Å². The van der Waals surface area contributed by atoms with Crippen LogP contribution in [0.3, 0.4) is 0 Å². The summed E-state index contributed by atoms with van der Waals surface area (Å²) in [6.45, 7) is 6.34. The first-order valence-electron chi connectivity index (χ1n) is 5.83. The van der Waals surface area contributed by atoms with Gasteiger partial charge >= 0.3 is 0 Å². The fourth-order valence-electron chi connectivity index (χ4n) is 2.33. The minimum atomic E-state index is 0.523. The average Bonchev–Trinajstić information content (AvgIpc) is 2.70. The summed E-state index contributed by atoms with van der Waals surface area (Å²) >= 11 is 0. The fourth-order valence-corrected chi connectivity index (χ4v) is 2.33. The Morgan fingerprint density at radius 3 is 2.81 bits per heavy atom. The quantitative estimate of drug-likeness (QED) is 0.818. The van der Waals surface area contributed by atoms with Crippen molar-refractivity contribution in [2.45, 2.75) is 26.3 Å². The van der Waals surface area contributed by atoms with E-state index in [-0.39, 0.29) is 0 Å². The zero-order valence-corrected chi connectivity index (χ0v) is 10.3. The first kappa shape index (κ1) is 11.3. The van der Waals surface area contributed by atoms with E-state index in [1.807, 2.05) is 0 Å². The number of hydrogen-bond donors (Lipinski definition) is 2. The number of aryl methyl sites for hydroxylation is 2. The zero-order valence-electron chi connectivity index (χ0n) is 10.3. The molecule has 1 aliphatic heterocycles. The Labute approximate surface area is 97.2 Å². The first-order valence-corrected chi connectivity index (χ1v) is 5.83. The second-order valence-electron chi connectivity index (χ2n) is 4.50. The van der Waals surface area contributed by atoms with Gasteiger partial charge in [0.1, 0.15) is 5.75 Å². The van der Waals surface area contributed by atoms with Gasteiger partial charge in [-0.2, -0.15) is 0 Å². The van der Waals surface area contributed by atoms with Crippen molar-refractivity contribution in [1.82, 2.24) is 5.32 Å². The van der Waals surface area contributed by atoms with Crippen molar-refractivity contribution in [2.24, 2.45) is 0 Å². The highest BCUT2D eigenvalue weighted by Gasteiger charge is 2.16. The van der Waals surface area contributed by atoms with Crippen molar-refractivity contribution < 1.29 is 4.74 Å². The molecule has 2 rings (SSSR count). The number of benzene rings is 1. The molecule has 1 atom stereocenters. The summed E-state index contributed by atoms with van der Waals surface area (Å²) in [5.74, 6) is 0.970. The van der Waals surface area contributed by atoms with Crippen LogP contribution in [0.25, 0.3) is 0 Å². The van der Waals surface area contributed by atoms with Crippen molar-refractivity contribution >= 4 is 5.69 Å². The summed E-state index contributed by atoms with van der Waals surface area (Å²) in [5, 5.41) is 6.91. The number of anilines is 1. The lowest BCUT2D eigenvalue weighted by Crippen LogP contribution is -2.22. The standard InChI is InChI=1S/C13H20N2O/c1-9-6-10(2)13(16-3)12(7-9)15-11-4-5-14-8-11/h6-7,11,14-15H,4-5,8H2,1-3H3. The molecule has 1 aromatic carbocycles. The van der Waals surface area contributed by atoms with Crippen molar-refractivity contribution in [3.05, 3.63) is 23.3 Å². The van der Waals surface area contributed by atoms with Gasteiger partial charge in [-0.1, -0.05) is 6.07 Å². The Bertz CT molecular complexity index is 370. The van der Waals surface area contributed by atoms with E-state index in [2.05, 4.69) is 36.6 Å². The topological polar surface area (TPSA) is 33.3 Å². The molecule has 0 aliphatic carbocycles. The second-order valence-corrected chi connectivity index (χ2v) is 4.50. The predicted molar refractivity (Wildman–Crippen MR) is 67.4 cm³/mol. The van der Waals surface area contributed by atoms with Gasteiger partial charge < -0.3 is 15.4 Å². The Morgan fingerprint density at radius 1 is 1.38 bits per heavy atom. The van der Waals surface area contributed by atoms with Crippen molar-refractivity contribution in [3.63, 3.8) is 0 Å². The molecule has 1 aliphatic rings. The third-order valence-electron chi connectivity index (χ3n) is 3.04. The largest absolute Gasteiger partial charge is 0.494 e. The van der Waals surface area contributed by atoms with E-state index < -0.39 is 0 Å². The molecule has 0 radical (unpaired) electrons. The van der Waals surface area contributed by atoms with Crippen molar-refractivity contribution in [3.8, 4) is 5.75 Å². The molecule has 3 heteroatoms. The lowest BCUT2D eigenvalue weighted by Gasteiger charge is -2.18. The molecule has 0 bridgehead atoms. The van der Waals surface area contributed by atoms with Crippen LogP contribution in [-0.4, -0.2) is 26.2 Å². The monoisotopic (exact) mass is 220 g/mol. The van der Waals surface area contributed by atoms with Gasteiger partial charge in [-0.25, -0.2) is 0 Å². The van der Waals surface area contributed by atoms with Gasteiger partial charge in [0.15, 0.2) is 0 Å². The first-order chi connectivity index (χ1) is 7.70. The smallest absolute Gasteiger partial charge is 0.144 e. The number of rotatable bonds is 3. The molecule has 1 aromatic rings. The molecule has 2 N–H and O–H groups in total. The summed E-state index contributed by atoms with van der Waals surface area (Å²) in [7, 11) is 1.73. The lowest BCUT2D eigenvalue weighted by atomic mass is 10.1. The third kappa shape index (κ3) is 2.30. The maximum atomic E-state index is 5.46. The number of nitrogens with one attached hydrogen (secondary N) is 2. The minimum absolute atomic E-state index is 0.523. The summed E-state index contributed by atoms with van der Waals surface area (Å²) in [6, 6.07) is 4.83. The maximum Gasteiger partial charge on any atom is 0.144 e. The molecular formula is C13H20N2O. The lowest BCUT2D eigenvalue weighted by molar-refractivity contribution is 0.413. The Hall–Kier alpha value is -1.22. The van der Waals surface area contributed by atoms with E-state index in [9.17, 15) is 0 Å². The van der Waals surface area contributed by atoms with Crippen LogP contribution in [0.15, 0.2) is 12.1 Å². The average molecular weight is 220 g/mol. The van der Waals surface area contributed by atoms with E-state index in [0.717, 1.165) is 24.5 Å². The Kier molecular flexibility index (Phi) is 3.34. The van der Waals surface area contributed by atoms with E-state index in [4.69, 9.17) is 4.74 Å². The fraction of sp³-hybridized carbons (Fsp3) is 0.538. The SMILES string of the molecule is COc1c(C)cc(C)cc1NC1CCNC1. The molecule has 0 aromatic heterocycles. The number of methoxy groups -OCH3 is 1. The van der Waals surface area contributed by atoms with Crippen LogP contribution in [0.4, 0.5) is 5.69 Å². The number of ether oxygens (including phenoxy) is 1. The van der Waals surface area contributed by atoms with Gasteiger partial charge in [-0.3, -0.25) is 0 Å². The molecule has 1 saturated heterocycles. The maximum absolute atomic E-state index is 5.46. The molecule has 1 unspecified atom stereocenters. The van der Waals surface area contributed by atoms with Crippen LogP contribution in [0.5, 0.6) is 5.75 Å². The van der Waals surface area contributed by atoms with Crippen LogP contribution in [-0.2, 0) is 0 Å². The zero-order chi connectivity index (χ0) is 11.5. The summed E-state index contributed by atoms with van der Waals surface area (Å²) < 4.78 is 5.46. The van der Waals surface area contributed by atoms with E-state index in [1.165, 1.54) is 17.5 Å². The molecule has 1 fully saturated rings. The van der Waals surface area contributed by atoms with E-state index in [0.29, 0.717) is 6.04 Å². The van der Waals surface area contributed by atoms with Crippen LogP contribution in [0.1, 0.15) is 17.5 Å². The van der Waals surface area contributed by atoms with Gasteiger partial charge in [-0.05, 0) is 44.0 Å². The van der Waals surface area contributed by atoms with Crippen molar-refractivity contribution in [2.75, 3.05) is 25.5 Å². The van der Waals surface area contributed by atoms with Crippen LogP contribution in [0.2, 0.25) is 0 Å². The summed E-state index contributed by atoms with van der Waals surface area (Å²) in [5.41, 5.74) is 3.58. The highest BCUT2D eigenvalue weighted by atomic mass is 16.5. The molecule has 0 spiro atoms. The highest BCUT2D eigenvalue weighted by molar-refractivity contribution is 5.62. The summed E-state index contributed by atoms with van der Waals surface area (Å²) in [6.07, 6.45) is 1.18. The van der Waals surface area contributed by atoms with Gasteiger partial charge in [0.2, 0.25) is 0 Å². The van der Waals surface area contributed by atoms with E-state index in [1.54, 1.807) is 7.11 Å². The Morgan fingerprint density at radius 2 is 2.19 bits per heavy atom. The molecule has 0 saturated carbocycles. The molecule has 16 heavy (non-hydrogen) atoms. The normalized spacial score (nSPS) is 19.8. The third-order valence-corrected chi connectivity index (χ3v) is 3.04. The predicted octanol–water partition coefficient (Wildman–Crippen LogP) is 2.09. The molecule has 1 heterocycles. The van der Waals surface area contributed by atoms with Gasteiger partial charge in [0.05, 0.1) is 12.8 Å². The van der Waals surface area contributed by atoms with Gasteiger partial charge in [-0.15, -0.1) is 0 Å². The molecular weight excluding hydrogens is 200 g/mol. The van der Waals surface area contributed by atoms with Crippen LogP contribution in [0, 0.1) is 13.8 Å². The highest BCUT2D eigenvalue weighted by Crippen LogP contribution is 2.30. The summed E-state index contributed by atoms with van der Waals surface area (Å²) in [4.78, 5) is 0. The van der Waals surface area contributed by atoms with Crippen molar-refractivity contribution in [1.29, 1.82) is 0 Å².